The summed E-state index contributed by atoms with van der Waals surface area (Å²) >= 11 is 1.66. The third-order valence-electron chi connectivity index (χ3n) is 5.27. The summed E-state index contributed by atoms with van der Waals surface area (Å²) in [5, 5.41) is 2.80. The molecule has 3 amide bonds. The van der Waals surface area contributed by atoms with Crippen molar-refractivity contribution >= 4 is 29.5 Å². The van der Waals surface area contributed by atoms with E-state index in [1.54, 1.807) is 11.8 Å². The highest BCUT2D eigenvalue weighted by atomic mass is 32.2. The van der Waals surface area contributed by atoms with Crippen molar-refractivity contribution in [3.05, 3.63) is 23.0 Å². The fourth-order valence-corrected chi connectivity index (χ4v) is 5.16. The Labute approximate surface area is 144 Å². The minimum absolute atomic E-state index is 0.166. The van der Waals surface area contributed by atoms with Gasteiger partial charge in [0.2, 0.25) is 0 Å². The SMILES string of the molecule is Cc1cc(C(=O)CN2C(=O)NC3(CCSC3)C2=O)c(C)n1C1CC1. The summed E-state index contributed by atoms with van der Waals surface area (Å²) in [4.78, 5) is 38.7. The molecule has 0 aromatic carbocycles. The van der Waals surface area contributed by atoms with Crippen molar-refractivity contribution in [2.24, 2.45) is 0 Å². The summed E-state index contributed by atoms with van der Waals surface area (Å²) in [5.74, 6) is 1.04. The number of Topliss-reactive ketones (excluding diaryl/α,β-unsaturated/α-hetero) is 1. The number of hydrogen-bond acceptors (Lipinski definition) is 4. The molecule has 128 valence electrons. The second-order valence-electron chi connectivity index (χ2n) is 7.02. The van der Waals surface area contributed by atoms with Crippen LogP contribution in [0.2, 0.25) is 0 Å². The number of hydrogen-bond donors (Lipinski definition) is 1. The number of rotatable bonds is 4. The molecule has 1 spiro atoms. The summed E-state index contributed by atoms with van der Waals surface area (Å²) in [6.45, 7) is 3.77. The number of thioether (sulfide) groups is 1. The van der Waals surface area contributed by atoms with Crippen LogP contribution in [0.4, 0.5) is 4.79 Å². The van der Waals surface area contributed by atoms with E-state index >= 15 is 0 Å². The van der Waals surface area contributed by atoms with E-state index < -0.39 is 11.6 Å². The molecule has 3 fully saturated rings. The maximum atomic E-state index is 12.7. The fraction of sp³-hybridized carbons (Fsp3) is 0.588. The van der Waals surface area contributed by atoms with Crippen molar-refractivity contribution in [2.45, 2.75) is 44.7 Å². The zero-order valence-electron chi connectivity index (χ0n) is 13.9. The first-order valence-electron chi connectivity index (χ1n) is 8.36. The molecular formula is C17H21N3O3S. The molecular weight excluding hydrogens is 326 g/mol. The maximum Gasteiger partial charge on any atom is 0.325 e. The number of aryl methyl sites for hydroxylation is 1. The van der Waals surface area contributed by atoms with Crippen molar-refractivity contribution in [3.63, 3.8) is 0 Å². The lowest BCUT2D eigenvalue weighted by atomic mass is 9.99. The molecule has 1 N–H and O–H groups in total. The highest BCUT2D eigenvalue weighted by Crippen LogP contribution is 2.38. The average Bonchev–Trinajstić information content (AvgIpc) is 3.11. The monoisotopic (exact) mass is 347 g/mol. The van der Waals surface area contributed by atoms with Crippen LogP contribution >= 0.6 is 11.8 Å². The van der Waals surface area contributed by atoms with Crippen LogP contribution in [0.5, 0.6) is 0 Å². The molecule has 1 aromatic heterocycles. The molecule has 1 saturated carbocycles. The van der Waals surface area contributed by atoms with Crippen LogP contribution in [0.1, 0.15) is 47.1 Å². The van der Waals surface area contributed by atoms with Gasteiger partial charge in [-0.15, -0.1) is 0 Å². The van der Waals surface area contributed by atoms with Gasteiger partial charge < -0.3 is 9.88 Å². The van der Waals surface area contributed by atoms with Crippen LogP contribution in [-0.2, 0) is 4.79 Å². The molecule has 0 radical (unpaired) electrons. The lowest BCUT2D eigenvalue weighted by Crippen LogP contribution is -2.47. The Morgan fingerprint density at radius 3 is 2.75 bits per heavy atom. The summed E-state index contributed by atoms with van der Waals surface area (Å²) < 4.78 is 2.20. The molecule has 1 unspecified atom stereocenters. The van der Waals surface area contributed by atoms with Crippen LogP contribution in [0.3, 0.4) is 0 Å². The highest BCUT2D eigenvalue weighted by Gasteiger charge is 2.53. The molecule has 1 aliphatic carbocycles. The lowest BCUT2D eigenvalue weighted by molar-refractivity contribution is -0.130. The molecule has 7 heteroatoms. The molecule has 0 bridgehead atoms. The van der Waals surface area contributed by atoms with Crippen LogP contribution in [0, 0.1) is 13.8 Å². The maximum absolute atomic E-state index is 12.7. The molecule has 4 rings (SSSR count). The molecule has 1 aromatic rings. The van der Waals surface area contributed by atoms with E-state index in [0.29, 0.717) is 23.8 Å². The molecule has 2 saturated heterocycles. The van der Waals surface area contributed by atoms with Crippen LogP contribution in [0.25, 0.3) is 0 Å². The number of nitrogens with one attached hydrogen (secondary N) is 1. The number of ketones is 1. The number of carbonyl (C=O) groups excluding carboxylic acids is 3. The van der Waals surface area contributed by atoms with Gasteiger partial charge in [-0.25, -0.2) is 4.79 Å². The third kappa shape index (κ3) is 2.29. The first kappa shape index (κ1) is 15.7. The number of aromatic nitrogens is 1. The van der Waals surface area contributed by atoms with E-state index in [-0.39, 0.29) is 18.2 Å². The third-order valence-corrected chi connectivity index (χ3v) is 6.46. The molecule has 6 nitrogen and oxygen atoms in total. The Kier molecular flexibility index (Phi) is 3.53. The van der Waals surface area contributed by atoms with Crippen molar-refractivity contribution in [1.29, 1.82) is 0 Å². The van der Waals surface area contributed by atoms with Gasteiger partial charge in [-0.1, -0.05) is 0 Å². The predicted octanol–water partition coefficient (Wildman–Crippen LogP) is 2.05. The average molecular weight is 347 g/mol. The Balaban J connectivity index is 1.55. The molecule has 2 aliphatic heterocycles. The summed E-state index contributed by atoms with van der Waals surface area (Å²) in [6.07, 6.45) is 2.94. The Hall–Kier alpha value is -1.76. The second kappa shape index (κ2) is 5.37. The Morgan fingerprint density at radius 1 is 1.38 bits per heavy atom. The van der Waals surface area contributed by atoms with Crippen molar-refractivity contribution in [1.82, 2.24) is 14.8 Å². The van der Waals surface area contributed by atoms with E-state index in [2.05, 4.69) is 9.88 Å². The van der Waals surface area contributed by atoms with Crippen LogP contribution in [0.15, 0.2) is 6.07 Å². The largest absolute Gasteiger partial charge is 0.345 e. The summed E-state index contributed by atoms with van der Waals surface area (Å²) in [6, 6.07) is 1.95. The lowest BCUT2D eigenvalue weighted by Gasteiger charge is -2.19. The quantitative estimate of drug-likeness (QED) is 0.668. The van der Waals surface area contributed by atoms with Crippen LogP contribution in [-0.4, -0.2) is 50.8 Å². The number of urea groups is 1. The second-order valence-corrected chi connectivity index (χ2v) is 8.12. The normalized spacial score (nSPS) is 26.5. The van der Waals surface area contributed by atoms with Gasteiger partial charge in [-0.2, -0.15) is 11.8 Å². The van der Waals surface area contributed by atoms with Gasteiger partial charge in [0.25, 0.3) is 5.91 Å². The number of imide groups is 1. The zero-order valence-corrected chi connectivity index (χ0v) is 14.7. The summed E-state index contributed by atoms with van der Waals surface area (Å²) in [7, 11) is 0. The van der Waals surface area contributed by atoms with Crippen molar-refractivity contribution < 1.29 is 14.4 Å². The van der Waals surface area contributed by atoms with Crippen LogP contribution < -0.4 is 5.32 Å². The Morgan fingerprint density at radius 2 is 2.12 bits per heavy atom. The van der Waals surface area contributed by atoms with Gasteiger partial charge in [-0.05, 0) is 44.9 Å². The number of amides is 3. The fourth-order valence-electron chi connectivity index (χ4n) is 3.83. The smallest absolute Gasteiger partial charge is 0.325 e. The minimum atomic E-state index is -0.785. The topological polar surface area (TPSA) is 71.4 Å². The van der Waals surface area contributed by atoms with E-state index in [9.17, 15) is 14.4 Å². The Bertz CT molecular complexity index is 745. The first-order valence-corrected chi connectivity index (χ1v) is 9.52. The molecule has 1 atom stereocenters. The van der Waals surface area contributed by atoms with E-state index in [0.717, 1.165) is 34.9 Å². The standard InChI is InChI=1S/C17H21N3O3S/c1-10-7-13(11(2)20(10)12-3-4-12)14(21)8-19-15(22)17(18-16(19)23)5-6-24-9-17/h7,12H,3-6,8-9H2,1-2H3,(H,18,23). The molecule has 3 heterocycles. The van der Waals surface area contributed by atoms with Crippen molar-refractivity contribution in [3.8, 4) is 0 Å². The van der Waals surface area contributed by atoms with Gasteiger partial charge in [-0.3, -0.25) is 14.5 Å². The predicted molar refractivity (Wildman–Crippen MR) is 91.4 cm³/mol. The van der Waals surface area contributed by atoms with E-state index in [1.807, 2.05) is 19.9 Å². The summed E-state index contributed by atoms with van der Waals surface area (Å²) in [5.41, 5.74) is 1.85. The van der Waals surface area contributed by atoms with E-state index in [4.69, 9.17) is 0 Å². The van der Waals surface area contributed by atoms with Gasteiger partial charge >= 0.3 is 6.03 Å². The van der Waals surface area contributed by atoms with Gasteiger partial charge in [0.1, 0.15) is 5.54 Å². The first-order chi connectivity index (χ1) is 11.4. The molecule has 24 heavy (non-hydrogen) atoms. The van der Waals surface area contributed by atoms with Crippen molar-refractivity contribution in [2.75, 3.05) is 18.1 Å². The van der Waals surface area contributed by atoms with E-state index in [1.165, 1.54) is 0 Å². The number of nitrogens with zero attached hydrogens (tertiary/aromatic N) is 2. The van der Waals surface area contributed by atoms with Gasteiger partial charge in [0.15, 0.2) is 5.78 Å². The zero-order chi connectivity index (χ0) is 17.1. The minimum Gasteiger partial charge on any atom is -0.345 e. The molecule has 3 aliphatic rings. The van der Waals surface area contributed by atoms with Gasteiger partial charge in [0, 0.05) is 28.7 Å². The highest BCUT2D eigenvalue weighted by molar-refractivity contribution is 7.99. The number of carbonyl (C=O) groups is 3. The van der Waals surface area contributed by atoms with Gasteiger partial charge in [0.05, 0.1) is 6.54 Å².